The number of thioether (sulfide) groups is 1. The number of hydrogen-bond donors (Lipinski definition) is 6. The standard InChI is InChI=1S/C12H20N6O2S/c1-21-3-2-6(19)10(20)7(13)5-4-16-9-8(5)17-12(15)18-11(9)14/h4,6-7,10,16,19-20H,2-3,13H2,1H3,(H4,14,15,17,18). The molecule has 3 unspecified atom stereocenters. The van der Waals surface area contributed by atoms with E-state index in [1.165, 1.54) is 0 Å². The monoisotopic (exact) mass is 312 g/mol. The van der Waals surface area contributed by atoms with Gasteiger partial charge in [-0.05, 0) is 18.4 Å². The van der Waals surface area contributed by atoms with Gasteiger partial charge < -0.3 is 32.4 Å². The van der Waals surface area contributed by atoms with Crippen LogP contribution in [0.15, 0.2) is 6.20 Å². The fourth-order valence-electron chi connectivity index (χ4n) is 2.15. The minimum absolute atomic E-state index is 0.0328. The van der Waals surface area contributed by atoms with Gasteiger partial charge in [-0.1, -0.05) is 0 Å². The molecule has 2 heterocycles. The van der Waals surface area contributed by atoms with Crippen molar-refractivity contribution in [1.29, 1.82) is 0 Å². The quantitative estimate of drug-likeness (QED) is 0.420. The molecule has 8 nitrogen and oxygen atoms in total. The number of hydrogen-bond acceptors (Lipinski definition) is 8. The number of aliphatic hydroxyl groups excluding tert-OH is 2. The molecule has 2 aromatic rings. The van der Waals surface area contributed by atoms with Crippen molar-refractivity contribution in [3.05, 3.63) is 11.8 Å². The number of nitrogen functional groups attached to an aromatic ring is 2. The number of aromatic nitrogens is 3. The highest BCUT2D eigenvalue weighted by Crippen LogP contribution is 2.27. The Balaban J connectivity index is 2.29. The van der Waals surface area contributed by atoms with Crippen molar-refractivity contribution in [2.45, 2.75) is 24.7 Å². The van der Waals surface area contributed by atoms with Gasteiger partial charge in [-0.25, -0.2) is 4.98 Å². The highest BCUT2D eigenvalue weighted by molar-refractivity contribution is 7.98. The van der Waals surface area contributed by atoms with E-state index in [1.807, 2.05) is 6.26 Å². The first-order valence-electron chi connectivity index (χ1n) is 6.46. The van der Waals surface area contributed by atoms with E-state index in [4.69, 9.17) is 17.2 Å². The van der Waals surface area contributed by atoms with Crippen LogP contribution in [0.5, 0.6) is 0 Å². The van der Waals surface area contributed by atoms with Gasteiger partial charge in [-0.3, -0.25) is 0 Å². The topological polar surface area (TPSA) is 160 Å². The van der Waals surface area contributed by atoms with Gasteiger partial charge in [-0.2, -0.15) is 16.7 Å². The van der Waals surface area contributed by atoms with Gasteiger partial charge in [0.15, 0.2) is 5.82 Å². The lowest BCUT2D eigenvalue weighted by Gasteiger charge is -2.23. The molecule has 0 aliphatic carbocycles. The fraction of sp³-hybridized carbons (Fsp3) is 0.500. The summed E-state index contributed by atoms with van der Waals surface area (Å²) in [5.41, 5.74) is 18.9. The van der Waals surface area contributed by atoms with Crippen LogP contribution in [0, 0.1) is 0 Å². The number of H-pyrrole nitrogens is 1. The lowest BCUT2D eigenvalue weighted by molar-refractivity contribution is 0.00277. The summed E-state index contributed by atoms with van der Waals surface area (Å²) in [5, 5.41) is 20.1. The summed E-state index contributed by atoms with van der Waals surface area (Å²) in [6, 6.07) is -0.802. The van der Waals surface area contributed by atoms with E-state index in [1.54, 1.807) is 18.0 Å². The minimum atomic E-state index is -1.10. The molecule has 0 saturated carbocycles. The summed E-state index contributed by atoms with van der Waals surface area (Å²) >= 11 is 1.59. The third-order valence-corrected chi connectivity index (χ3v) is 3.98. The second kappa shape index (κ2) is 6.48. The van der Waals surface area contributed by atoms with Crippen LogP contribution in [0.4, 0.5) is 11.8 Å². The Labute approximate surface area is 126 Å². The van der Waals surface area contributed by atoms with E-state index in [0.29, 0.717) is 23.0 Å². The van der Waals surface area contributed by atoms with Crippen LogP contribution in [0.1, 0.15) is 18.0 Å². The van der Waals surface area contributed by atoms with E-state index in [9.17, 15) is 10.2 Å². The maximum Gasteiger partial charge on any atom is 0.222 e. The third kappa shape index (κ3) is 3.21. The van der Waals surface area contributed by atoms with Gasteiger partial charge in [0, 0.05) is 11.8 Å². The van der Waals surface area contributed by atoms with Gasteiger partial charge in [0.05, 0.1) is 18.2 Å². The number of anilines is 2. The molecule has 0 spiro atoms. The van der Waals surface area contributed by atoms with E-state index in [-0.39, 0.29) is 11.8 Å². The van der Waals surface area contributed by atoms with E-state index < -0.39 is 18.2 Å². The molecule has 2 rings (SSSR count). The van der Waals surface area contributed by atoms with Gasteiger partial charge >= 0.3 is 0 Å². The van der Waals surface area contributed by atoms with Crippen LogP contribution in [0.25, 0.3) is 11.0 Å². The average molecular weight is 312 g/mol. The van der Waals surface area contributed by atoms with Crippen molar-refractivity contribution < 1.29 is 10.2 Å². The molecule has 0 amide bonds. The van der Waals surface area contributed by atoms with E-state index in [0.717, 1.165) is 5.75 Å². The molecule has 0 fully saturated rings. The van der Waals surface area contributed by atoms with Gasteiger partial charge in [-0.15, -0.1) is 0 Å². The SMILES string of the molecule is CSCCC(O)C(O)C(N)c1c[nH]c2c(N)nc(N)nc12. The number of nitrogens with two attached hydrogens (primary N) is 3. The number of nitrogens with zero attached hydrogens (tertiary/aromatic N) is 2. The molecule has 116 valence electrons. The summed E-state index contributed by atoms with van der Waals surface area (Å²) in [6.07, 6.45) is 1.98. The Bertz CT molecular complexity index is 619. The van der Waals surface area contributed by atoms with Crippen LogP contribution in [0.2, 0.25) is 0 Å². The number of nitrogens with one attached hydrogen (secondary N) is 1. The molecule has 0 aliphatic heterocycles. The third-order valence-electron chi connectivity index (χ3n) is 3.34. The smallest absolute Gasteiger partial charge is 0.222 e. The number of aromatic amines is 1. The lowest BCUT2D eigenvalue weighted by atomic mass is 9.98. The summed E-state index contributed by atoms with van der Waals surface area (Å²) < 4.78 is 0. The zero-order valence-corrected chi connectivity index (χ0v) is 12.5. The molecule has 3 atom stereocenters. The van der Waals surface area contributed by atoms with Gasteiger partial charge in [0.25, 0.3) is 0 Å². The Morgan fingerprint density at radius 2 is 2.05 bits per heavy atom. The van der Waals surface area contributed by atoms with Crippen molar-refractivity contribution in [3.63, 3.8) is 0 Å². The zero-order valence-electron chi connectivity index (χ0n) is 11.7. The van der Waals surface area contributed by atoms with Crippen LogP contribution in [-0.4, -0.2) is 49.4 Å². The Morgan fingerprint density at radius 3 is 2.71 bits per heavy atom. The second-order valence-corrected chi connectivity index (χ2v) is 5.79. The van der Waals surface area contributed by atoms with Crippen LogP contribution >= 0.6 is 11.8 Å². The minimum Gasteiger partial charge on any atom is -0.390 e. The molecule has 0 aromatic carbocycles. The fourth-order valence-corrected chi connectivity index (χ4v) is 2.63. The molecule has 0 saturated heterocycles. The Hall–Kier alpha value is -1.55. The highest BCUT2D eigenvalue weighted by atomic mass is 32.2. The summed E-state index contributed by atoms with van der Waals surface area (Å²) in [5.74, 6) is 0.986. The lowest BCUT2D eigenvalue weighted by Crippen LogP contribution is -2.37. The summed E-state index contributed by atoms with van der Waals surface area (Å²) in [6.45, 7) is 0. The summed E-state index contributed by atoms with van der Waals surface area (Å²) in [7, 11) is 0. The molecule has 2 aromatic heterocycles. The summed E-state index contributed by atoms with van der Waals surface area (Å²) in [4.78, 5) is 10.9. The van der Waals surface area contributed by atoms with Crippen molar-refractivity contribution in [1.82, 2.24) is 15.0 Å². The number of rotatable bonds is 6. The Kier molecular flexibility index (Phi) is 4.88. The highest BCUT2D eigenvalue weighted by Gasteiger charge is 2.27. The molecular formula is C12H20N6O2S. The second-order valence-electron chi connectivity index (χ2n) is 4.80. The molecule has 0 aliphatic rings. The first-order valence-corrected chi connectivity index (χ1v) is 7.85. The van der Waals surface area contributed by atoms with Crippen LogP contribution < -0.4 is 17.2 Å². The molecular weight excluding hydrogens is 292 g/mol. The number of fused-ring (bicyclic) bond motifs is 1. The Morgan fingerprint density at radius 1 is 1.33 bits per heavy atom. The molecule has 0 radical (unpaired) electrons. The van der Waals surface area contributed by atoms with Gasteiger partial charge in [0.2, 0.25) is 5.95 Å². The van der Waals surface area contributed by atoms with Crippen LogP contribution in [-0.2, 0) is 0 Å². The van der Waals surface area contributed by atoms with Crippen molar-refractivity contribution in [3.8, 4) is 0 Å². The first-order chi connectivity index (χ1) is 9.95. The van der Waals surface area contributed by atoms with Crippen LogP contribution in [0.3, 0.4) is 0 Å². The molecule has 9 heteroatoms. The first kappa shape index (κ1) is 15.8. The van der Waals surface area contributed by atoms with Crippen molar-refractivity contribution in [2.75, 3.05) is 23.5 Å². The van der Waals surface area contributed by atoms with E-state index >= 15 is 0 Å². The maximum atomic E-state index is 10.2. The average Bonchev–Trinajstić information content (AvgIpc) is 2.87. The van der Waals surface area contributed by atoms with E-state index in [2.05, 4.69) is 15.0 Å². The molecule has 0 bridgehead atoms. The maximum absolute atomic E-state index is 10.2. The predicted octanol–water partition coefficient (Wildman–Crippen LogP) is -0.403. The number of aliphatic hydroxyl groups is 2. The largest absolute Gasteiger partial charge is 0.390 e. The normalized spacial score (nSPS) is 16.0. The zero-order chi connectivity index (χ0) is 15.6. The molecule has 9 N–H and O–H groups in total. The predicted molar refractivity (Wildman–Crippen MR) is 84.7 cm³/mol. The van der Waals surface area contributed by atoms with Gasteiger partial charge in [0.1, 0.15) is 11.0 Å². The van der Waals surface area contributed by atoms with Crippen molar-refractivity contribution >= 4 is 34.6 Å². The molecule has 21 heavy (non-hydrogen) atoms. The van der Waals surface area contributed by atoms with Crippen molar-refractivity contribution in [2.24, 2.45) is 5.73 Å².